The summed E-state index contributed by atoms with van der Waals surface area (Å²) in [5.41, 5.74) is 0. The Kier molecular flexibility index (Phi) is 36.8. The fourth-order valence-corrected chi connectivity index (χ4v) is 5.83. The minimum atomic E-state index is -0.0595. The minimum absolute atomic E-state index is 0.0595. The molecule has 282 valence electrons. The van der Waals surface area contributed by atoms with Crippen LogP contribution in [-0.4, -0.2) is 75.2 Å². The van der Waals surface area contributed by atoms with Crippen molar-refractivity contribution in [2.75, 3.05) is 53.5 Å². The highest BCUT2D eigenvalue weighted by Gasteiger charge is 2.07. The maximum absolute atomic E-state index is 12.0. The molecule has 6 nitrogen and oxygen atoms in total. The van der Waals surface area contributed by atoms with E-state index >= 15 is 0 Å². The van der Waals surface area contributed by atoms with Gasteiger partial charge >= 0.3 is 11.9 Å². The monoisotopic (exact) mass is 677 g/mol. The number of allylic oxidation sites excluding steroid dienone is 2. The molecule has 6 heteroatoms. The van der Waals surface area contributed by atoms with Gasteiger partial charge in [-0.2, -0.15) is 0 Å². The molecule has 0 fully saturated rings. The molecule has 0 aliphatic carbocycles. The van der Waals surface area contributed by atoms with E-state index in [0.29, 0.717) is 26.1 Å². The van der Waals surface area contributed by atoms with Crippen LogP contribution in [0.2, 0.25) is 0 Å². The van der Waals surface area contributed by atoms with Gasteiger partial charge in [-0.15, -0.1) is 0 Å². The summed E-state index contributed by atoms with van der Waals surface area (Å²) in [4.78, 5) is 28.9. The molecule has 0 aliphatic heterocycles. The first-order valence-corrected chi connectivity index (χ1v) is 20.5. The number of likely N-dealkylation sites (N-methyl/N-ethyl adjacent to an activating group) is 1. The number of hydrogen-bond acceptors (Lipinski definition) is 6. The summed E-state index contributed by atoms with van der Waals surface area (Å²) >= 11 is 0. The lowest BCUT2D eigenvalue weighted by Crippen LogP contribution is -2.33. The largest absolute Gasteiger partial charge is 0.461 e. The first-order valence-electron chi connectivity index (χ1n) is 20.5. The normalized spacial score (nSPS) is 11.9. The van der Waals surface area contributed by atoms with E-state index < -0.39 is 0 Å². The van der Waals surface area contributed by atoms with Crippen LogP contribution in [0.4, 0.5) is 0 Å². The Labute approximate surface area is 298 Å². The number of rotatable bonds is 37. The van der Waals surface area contributed by atoms with Gasteiger partial charge in [-0.05, 0) is 78.6 Å². The van der Waals surface area contributed by atoms with Gasteiger partial charge in [-0.1, -0.05) is 141 Å². The third kappa shape index (κ3) is 37.2. The molecule has 0 atom stereocenters. The summed E-state index contributed by atoms with van der Waals surface area (Å²) in [5, 5.41) is 0. The second-order valence-electron chi connectivity index (χ2n) is 14.1. The Balaban J connectivity index is 3.78. The number of hydrogen-bond donors (Lipinski definition) is 0. The van der Waals surface area contributed by atoms with E-state index in [4.69, 9.17) is 9.47 Å². The second-order valence-corrected chi connectivity index (χ2v) is 14.1. The molecule has 0 heterocycles. The van der Waals surface area contributed by atoms with E-state index in [1.54, 1.807) is 0 Å². The third-order valence-electron chi connectivity index (χ3n) is 9.04. The molecule has 0 saturated carbocycles. The zero-order valence-corrected chi connectivity index (χ0v) is 32.5. The fourth-order valence-electron chi connectivity index (χ4n) is 5.83. The lowest BCUT2D eigenvalue weighted by atomic mass is 10.1. The summed E-state index contributed by atoms with van der Waals surface area (Å²) in [6, 6.07) is 0. The molecule has 0 amide bonds. The zero-order valence-electron chi connectivity index (χ0n) is 32.5. The lowest BCUT2D eigenvalue weighted by molar-refractivity contribution is -0.143. The molecule has 0 aromatic carbocycles. The number of carbonyl (C=O) groups excluding carboxylic acids is 2. The van der Waals surface area contributed by atoms with Crippen molar-refractivity contribution in [2.24, 2.45) is 0 Å². The molecule has 0 aliphatic rings. The Morgan fingerprint density at radius 3 is 1.23 bits per heavy atom. The minimum Gasteiger partial charge on any atom is -0.461 e. The zero-order chi connectivity index (χ0) is 35.2. The van der Waals surface area contributed by atoms with Crippen molar-refractivity contribution in [3.8, 4) is 0 Å². The van der Waals surface area contributed by atoms with E-state index in [2.05, 4.69) is 49.9 Å². The predicted molar refractivity (Wildman–Crippen MR) is 207 cm³/mol. The van der Waals surface area contributed by atoms with E-state index in [0.717, 1.165) is 64.7 Å². The Bertz CT molecular complexity index is 696. The van der Waals surface area contributed by atoms with Gasteiger partial charge in [0.25, 0.3) is 0 Å². The fraction of sp³-hybridized carbons (Fsp3) is 0.857. The molecule has 0 aromatic heterocycles. The van der Waals surface area contributed by atoms with Gasteiger partial charge in [0.2, 0.25) is 0 Å². The standard InChI is InChI=1S/C42H80N2O4/c1-5-7-9-11-13-15-17-25-31-39-47-41(45)33-27-21-19-23-29-35-44(38-37-43(3)4)36-30-24-20-22-28-34-42(46)48-40-32-26-18-16-14-12-10-8-6-2/h25-26,31-32H,5-24,27-30,33-40H2,1-4H3/b31-25+,32-26+. The summed E-state index contributed by atoms with van der Waals surface area (Å²) in [7, 11) is 4.29. The highest BCUT2D eigenvalue weighted by Crippen LogP contribution is 2.11. The van der Waals surface area contributed by atoms with Crippen LogP contribution < -0.4 is 0 Å². The van der Waals surface area contributed by atoms with Crippen molar-refractivity contribution in [3.05, 3.63) is 24.3 Å². The quantitative estimate of drug-likeness (QED) is 0.0371. The predicted octanol–water partition coefficient (Wildman–Crippen LogP) is 11.2. The number of unbranched alkanes of at least 4 members (excludes halogenated alkanes) is 20. The summed E-state index contributed by atoms with van der Waals surface area (Å²) in [6.45, 7) is 9.85. The molecule has 48 heavy (non-hydrogen) atoms. The van der Waals surface area contributed by atoms with Crippen molar-refractivity contribution in [3.63, 3.8) is 0 Å². The average Bonchev–Trinajstić information content (AvgIpc) is 3.07. The maximum Gasteiger partial charge on any atom is 0.306 e. The van der Waals surface area contributed by atoms with Gasteiger partial charge < -0.3 is 19.3 Å². The SMILES string of the molecule is CCCCCCCC/C=C/COC(=O)CCCCCCCN(CCCCCCCC(=O)OC/C=C/CCCCCCCC)CCN(C)C. The van der Waals surface area contributed by atoms with Crippen LogP contribution >= 0.6 is 0 Å². The van der Waals surface area contributed by atoms with Crippen molar-refractivity contribution in [1.29, 1.82) is 0 Å². The molecule has 0 N–H and O–H groups in total. The summed E-state index contributed by atoms with van der Waals surface area (Å²) < 4.78 is 10.7. The van der Waals surface area contributed by atoms with Crippen LogP contribution in [-0.2, 0) is 19.1 Å². The van der Waals surface area contributed by atoms with Gasteiger partial charge in [0.05, 0.1) is 0 Å². The van der Waals surface area contributed by atoms with Crippen molar-refractivity contribution < 1.29 is 19.1 Å². The van der Waals surface area contributed by atoms with Crippen molar-refractivity contribution in [2.45, 2.75) is 181 Å². The Morgan fingerprint density at radius 1 is 0.438 bits per heavy atom. The van der Waals surface area contributed by atoms with Crippen LogP contribution in [0, 0.1) is 0 Å². The van der Waals surface area contributed by atoms with Gasteiger partial charge in [0.15, 0.2) is 0 Å². The number of carbonyl (C=O) groups is 2. The first-order chi connectivity index (χ1) is 23.5. The molecule has 0 rings (SSSR count). The molecule has 0 saturated heterocycles. The van der Waals surface area contributed by atoms with E-state index in [-0.39, 0.29) is 11.9 Å². The van der Waals surface area contributed by atoms with Crippen LogP contribution in [0.15, 0.2) is 24.3 Å². The van der Waals surface area contributed by atoms with Gasteiger partial charge in [0.1, 0.15) is 13.2 Å². The van der Waals surface area contributed by atoms with Crippen LogP contribution in [0.5, 0.6) is 0 Å². The lowest BCUT2D eigenvalue weighted by Gasteiger charge is -2.24. The Morgan fingerprint density at radius 2 is 0.812 bits per heavy atom. The maximum atomic E-state index is 12.0. The number of ether oxygens (including phenoxy) is 2. The third-order valence-corrected chi connectivity index (χ3v) is 9.04. The molecule has 0 spiro atoms. The topological polar surface area (TPSA) is 59.1 Å². The smallest absolute Gasteiger partial charge is 0.306 e. The highest BCUT2D eigenvalue weighted by molar-refractivity contribution is 5.69. The van der Waals surface area contributed by atoms with E-state index in [9.17, 15) is 9.59 Å². The van der Waals surface area contributed by atoms with E-state index in [1.165, 1.54) is 116 Å². The molecular formula is C42H80N2O4. The van der Waals surface area contributed by atoms with Crippen LogP contribution in [0.25, 0.3) is 0 Å². The van der Waals surface area contributed by atoms with Crippen LogP contribution in [0.3, 0.4) is 0 Å². The number of nitrogens with zero attached hydrogens (tertiary/aromatic N) is 2. The summed E-state index contributed by atoms with van der Waals surface area (Å²) in [6.07, 6.45) is 38.7. The molecule has 0 aromatic rings. The van der Waals surface area contributed by atoms with Gasteiger partial charge in [-0.3, -0.25) is 9.59 Å². The number of esters is 2. The highest BCUT2D eigenvalue weighted by atomic mass is 16.5. The van der Waals surface area contributed by atoms with Crippen LogP contribution in [0.1, 0.15) is 181 Å². The first kappa shape index (κ1) is 46.3. The average molecular weight is 677 g/mol. The molecule has 0 radical (unpaired) electrons. The second kappa shape index (κ2) is 38.1. The Hall–Kier alpha value is -1.66. The molecule has 0 unspecified atom stereocenters. The molecular weight excluding hydrogens is 596 g/mol. The van der Waals surface area contributed by atoms with Gasteiger partial charge in [-0.25, -0.2) is 0 Å². The van der Waals surface area contributed by atoms with Crippen molar-refractivity contribution in [1.82, 2.24) is 9.80 Å². The van der Waals surface area contributed by atoms with Gasteiger partial charge in [0, 0.05) is 25.9 Å². The summed E-state index contributed by atoms with van der Waals surface area (Å²) in [5.74, 6) is -0.119. The van der Waals surface area contributed by atoms with E-state index in [1.807, 2.05) is 12.2 Å². The van der Waals surface area contributed by atoms with Crippen molar-refractivity contribution >= 4 is 11.9 Å². The molecule has 0 bridgehead atoms.